The van der Waals surface area contributed by atoms with Crippen LogP contribution in [0.15, 0.2) is 97.1 Å². The summed E-state index contributed by atoms with van der Waals surface area (Å²) in [4.78, 5) is 0. The molecule has 0 N–H and O–H groups in total. The number of hydrogen-bond acceptors (Lipinski definition) is 0. The zero-order valence-electron chi connectivity index (χ0n) is 21.1. The van der Waals surface area contributed by atoms with E-state index in [1.54, 1.807) is 0 Å². The Balaban J connectivity index is 0.000000302. The van der Waals surface area contributed by atoms with Gasteiger partial charge >= 0.3 is 25.8 Å². The molecule has 0 amide bonds. The maximum atomic E-state index is 3.38. The van der Waals surface area contributed by atoms with Crippen LogP contribution in [0.2, 0.25) is 0 Å². The van der Waals surface area contributed by atoms with Crippen molar-refractivity contribution in [1.29, 1.82) is 0 Å². The second-order valence-electron chi connectivity index (χ2n) is 8.37. The first kappa shape index (κ1) is 32.1. The van der Waals surface area contributed by atoms with Crippen LogP contribution in [0.25, 0.3) is 43.1 Å². The van der Waals surface area contributed by atoms with Crippen LogP contribution in [0.3, 0.4) is 0 Å². The first-order valence-electron chi connectivity index (χ1n) is 11.9. The Morgan fingerprint density at radius 2 is 0.917 bits per heavy atom. The molecule has 3 heteroatoms. The van der Waals surface area contributed by atoms with Crippen LogP contribution in [0.4, 0.5) is 0 Å². The molecule has 0 nitrogen and oxygen atoms in total. The minimum absolute atomic E-state index is 0. The molecule has 0 radical (unpaired) electrons. The van der Waals surface area contributed by atoms with E-state index >= 15 is 0 Å². The number of halogens is 2. The number of rotatable bonds is 2. The van der Waals surface area contributed by atoms with Crippen LogP contribution >= 0.6 is 24.8 Å². The molecule has 0 bridgehead atoms. The van der Waals surface area contributed by atoms with Gasteiger partial charge in [-0.25, -0.2) is 0 Å². The number of hydrogen-bond donors (Lipinski definition) is 0. The molecule has 0 heterocycles. The Hall–Kier alpha value is -1.93. The Morgan fingerprint density at radius 1 is 0.556 bits per heavy atom. The summed E-state index contributed by atoms with van der Waals surface area (Å²) in [6.45, 7) is 11.2. The summed E-state index contributed by atoms with van der Waals surface area (Å²) < 4.78 is 0. The van der Waals surface area contributed by atoms with Crippen molar-refractivity contribution >= 4 is 67.9 Å². The third-order valence-corrected chi connectivity index (χ3v) is 6.17. The summed E-state index contributed by atoms with van der Waals surface area (Å²) in [5, 5.41) is 10.9. The predicted octanol–water partition coefficient (Wildman–Crippen LogP) is 10.4. The van der Waals surface area contributed by atoms with Crippen molar-refractivity contribution < 1.29 is 25.8 Å². The molecule has 0 fully saturated rings. The Morgan fingerprint density at radius 3 is 1.28 bits per heavy atom. The maximum absolute atomic E-state index is 3.38. The molecule has 0 spiro atoms. The molecule has 0 saturated carbocycles. The van der Waals surface area contributed by atoms with Gasteiger partial charge in [0.1, 0.15) is 0 Å². The molecule has 6 rings (SSSR count). The fourth-order valence-corrected chi connectivity index (χ4v) is 4.46. The van der Waals surface area contributed by atoms with Gasteiger partial charge in [-0.05, 0) is 23.6 Å². The van der Waals surface area contributed by atoms with Crippen LogP contribution in [0, 0.1) is 13.8 Å². The minimum atomic E-state index is 0. The fraction of sp³-hybridized carbons (Fsp3) is 0.152. The molecule has 6 aromatic carbocycles. The molecule has 0 saturated heterocycles. The second kappa shape index (κ2) is 15.4. The largest absolute Gasteiger partial charge is 4.00 e. The van der Waals surface area contributed by atoms with E-state index < -0.39 is 0 Å². The molecule has 0 unspecified atom stereocenters. The van der Waals surface area contributed by atoms with Gasteiger partial charge in [0.25, 0.3) is 0 Å². The minimum Gasteiger partial charge on any atom is -0.372 e. The maximum Gasteiger partial charge on any atom is 4.00 e. The topological polar surface area (TPSA) is 0 Å². The van der Waals surface area contributed by atoms with Crippen LogP contribution in [-0.2, 0) is 38.7 Å². The van der Waals surface area contributed by atoms with E-state index in [1.165, 1.54) is 54.2 Å². The molecule has 0 aliphatic rings. The Labute approximate surface area is 247 Å². The quantitative estimate of drug-likeness (QED) is 0.126. The van der Waals surface area contributed by atoms with E-state index in [9.17, 15) is 0 Å². The van der Waals surface area contributed by atoms with Crippen LogP contribution in [-0.4, -0.2) is 0 Å². The van der Waals surface area contributed by atoms with E-state index in [4.69, 9.17) is 0 Å². The van der Waals surface area contributed by atoms with E-state index in [2.05, 4.69) is 125 Å². The van der Waals surface area contributed by atoms with Gasteiger partial charge in [-0.15, -0.1) is 81.8 Å². The van der Waals surface area contributed by atoms with Gasteiger partial charge in [-0.2, -0.15) is 12.1 Å². The summed E-state index contributed by atoms with van der Waals surface area (Å²) in [5.41, 5.74) is 2.86. The standard InChI is InChI=1S/2C15H13.C3H6.2ClH.Hf/c2*1-2-11-9-13-8-7-12-5-3-4-6-14(12)15(13)10-11;1-3-2;;;/h2*3-10H,2H2,1H3;1-3H2;2*1H;/q2*-1;-2;;;+4. The molecular weight excluding hydrogens is 646 g/mol. The summed E-state index contributed by atoms with van der Waals surface area (Å²) in [6, 6.07) is 35.2. The zero-order chi connectivity index (χ0) is 23.2. The van der Waals surface area contributed by atoms with Crippen molar-refractivity contribution in [2.45, 2.75) is 33.1 Å². The molecule has 36 heavy (non-hydrogen) atoms. The Kier molecular flexibility index (Phi) is 13.7. The van der Waals surface area contributed by atoms with Crippen molar-refractivity contribution in [1.82, 2.24) is 0 Å². The number of benzene rings is 4. The molecule has 6 aromatic rings. The van der Waals surface area contributed by atoms with Gasteiger partial charge in [0.2, 0.25) is 0 Å². The molecule has 0 aromatic heterocycles. The summed E-state index contributed by atoms with van der Waals surface area (Å²) in [5.74, 6) is 0. The summed E-state index contributed by atoms with van der Waals surface area (Å²) in [6.07, 6.45) is 2.98. The van der Waals surface area contributed by atoms with Crippen molar-refractivity contribution in [2.24, 2.45) is 0 Å². The van der Waals surface area contributed by atoms with E-state index in [1.807, 2.05) is 0 Å². The second-order valence-corrected chi connectivity index (χ2v) is 8.37. The van der Waals surface area contributed by atoms with Gasteiger partial charge in [-0.1, -0.05) is 85.3 Å². The smallest absolute Gasteiger partial charge is 0.372 e. The van der Waals surface area contributed by atoms with E-state index in [-0.39, 0.29) is 50.7 Å². The van der Waals surface area contributed by atoms with Gasteiger partial charge < -0.3 is 20.3 Å². The normalized spacial score (nSPS) is 9.89. The molecule has 0 aliphatic heterocycles. The van der Waals surface area contributed by atoms with Gasteiger partial charge in [0, 0.05) is 0 Å². The van der Waals surface area contributed by atoms with Crippen LogP contribution in [0.1, 0.15) is 31.4 Å². The van der Waals surface area contributed by atoms with Crippen molar-refractivity contribution in [2.75, 3.05) is 0 Å². The SMILES string of the molecule is CCc1cc2c(ccc3ccccc32)[cH-]1.CCc1cc2c(ccc3ccccc32)[cH-]1.Cl.Cl.[CH2-]C[CH2-].[Hf+4]. The van der Waals surface area contributed by atoms with Gasteiger partial charge in [0.15, 0.2) is 0 Å². The zero-order valence-corrected chi connectivity index (χ0v) is 26.3. The average molecular weight is 680 g/mol. The first-order chi connectivity index (χ1) is 16.2. The Bertz CT molecular complexity index is 1380. The molecule has 184 valence electrons. The number of fused-ring (bicyclic) bond motifs is 6. The monoisotopic (exact) mass is 680 g/mol. The average Bonchev–Trinajstić information content (AvgIpc) is 3.49. The van der Waals surface area contributed by atoms with Crippen molar-refractivity contribution in [3.63, 3.8) is 0 Å². The number of aryl methyl sites for hydroxylation is 2. The molecular formula is C33H34Cl2Hf. The summed E-state index contributed by atoms with van der Waals surface area (Å²) in [7, 11) is 0. The van der Waals surface area contributed by atoms with Crippen LogP contribution < -0.4 is 0 Å². The third-order valence-electron chi connectivity index (χ3n) is 6.17. The predicted molar refractivity (Wildman–Crippen MR) is 163 cm³/mol. The molecule has 0 atom stereocenters. The van der Waals surface area contributed by atoms with Crippen LogP contribution in [0.5, 0.6) is 0 Å². The fourth-order valence-electron chi connectivity index (χ4n) is 4.46. The van der Waals surface area contributed by atoms with Crippen molar-refractivity contribution in [3.05, 3.63) is 122 Å². The van der Waals surface area contributed by atoms with E-state index in [0.29, 0.717) is 0 Å². The third kappa shape index (κ3) is 7.09. The van der Waals surface area contributed by atoms with Crippen molar-refractivity contribution in [3.8, 4) is 0 Å². The first-order valence-corrected chi connectivity index (χ1v) is 11.9. The van der Waals surface area contributed by atoms with Gasteiger partial charge in [-0.3, -0.25) is 0 Å². The molecule has 0 aliphatic carbocycles. The van der Waals surface area contributed by atoms with Gasteiger partial charge in [0.05, 0.1) is 0 Å². The summed E-state index contributed by atoms with van der Waals surface area (Å²) >= 11 is 0. The van der Waals surface area contributed by atoms with E-state index in [0.717, 1.165) is 19.3 Å².